The molecule has 140 valence electrons. The fourth-order valence-electron chi connectivity index (χ4n) is 3.45. The maximum Gasteiger partial charge on any atom is 0.275 e. The molecule has 0 N–H and O–H groups in total. The van der Waals surface area contributed by atoms with Crippen LogP contribution in [0.1, 0.15) is 30.4 Å². The summed E-state index contributed by atoms with van der Waals surface area (Å²) in [6, 6.07) is 15.2. The van der Waals surface area contributed by atoms with Crippen LogP contribution in [0, 0.1) is 0 Å². The van der Waals surface area contributed by atoms with Gasteiger partial charge < -0.3 is 14.3 Å². The van der Waals surface area contributed by atoms with Crippen molar-refractivity contribution < 1.29 is 19.1 Å². The van der Waals surface area contributed by atoms with E-state index in [1.807, 2.05) is 48.5 Å². The number of ether oxygens (including phenoxy) is 2. The molecule has 1 amide bonds. The van der Waals surface area contributed by atoms with E-state index in [-0.39, 0.29) is 5.91 Å². The van der Waals surface area contributed by atoms with Gasteiger partial charge in [0.1, 0.15) is 11.5 Å². The predicted molar refractivity (Wildman–Crippen MR) is 101 cm³/mol. The Morgan fingerprint density at radius 3 is 2.30 bits per heavy atom. The van der Waals surface area contributed by atoms with E-state index in [2.05, 4.69) is 5.16 Å². The minimum Gasteiger partial charge on any atom is -0.497 e. The molecule has 1 fully saturated rings. The first-order valence-corrected chi connectivity index (χ1v) is 9.01. The van der Waals surface area contributed by atoms with Crippen LogP contribution in [0.2, 0.25) is 0 Å². The lowest BCUT2D eigenvalue weighted by atomic mass is 9.78. The van der Waals surface area contributed by atoms with Gasteiger partial charge in [0.15, 0.2) is 5.84 Å². The molecular weight excluding hydrogens is 344 g/mol. The van der Waals surface area contributed by atoms with E-state index in [4.69, 9.17) is 14.3 Å². The Kier molecular flexibility index (Phi) is 4.48. The van der Waals surface area contributed by atoms with Gasteiger partial charge in [-0.1, -0.05) is 35.5 Å². The van der Waals surface area contributed by atoms with Crippen molar-refractivity contribution in [3.8, 4) is 11.5 Å². The Morgan fingerprint density at radius 2 is 1.74 bits per heavy atom. The van der Waals surface area contributed by atoms with E-state index in [1.54, 1.807) is 19.1 Å². The van der Waals surface area contributed by atoms with Crippen molar-refractivity contribution >= 4 is 11.7 Å². The van der Waals surface area contributed by atoms with E-state index < -0.39 is 5.60 Å². The standard InChI is InChI=1S/C21H22N2O4/c1-25-17-11-15(12-18(13-17)26-2)14-23-19(16-7-4-3-5-8-16)22-27-21(20(23)24)9-6-10-21/h3-5,7-8,11-13H,6,9-10,14H2,1-2H3. The van der Waals surface area contributed by atoms with Gasteiger partial charge in [0, 0.05) is 11.6 Å². The number of amidine groups is 1. The second-order valence-corrected chi connectivity index (χ2v) is 6.83. The van der Waals surface area contributed by atoms with Gasteiger partial charge in [-0.3, -0.25) is 9.69 Å². The molecule has 6 nitrogen and oxygen atoms in total. The van der Waals surface area contributed by atoms with Gasteiger partial charge in [-0.05, 0) is 37.0 Å². The summed E-state index contributed by atoms with van der Waals surface area (Å²) in [5.74, 6) is 1.85. The number of methoxy groups -OCH3 is 2. The molecule has 27 heavy (non-hydrogen) atoms. The molecule has 0 bridgehead atoms. The summed E-state index contributed by atoms with van der Waals surface area (Å²) in [6.45, 7) is 0.366. The molecule has 1 aliphatic carbocycles. The van der Waals surface area contributed by atoms with E-state index in [1.165, 1.54) is 0 Å². The van der Waals surface area contributed by atoms with Crippen LogP contribution in [0.5, 0.6) is 11.5 Å². The highest BCUT2D eigenvalue weighted by Gasteiger charge is 2.53. The highest BCUT2D eigenvalue weighted by atomic mass is 16.7. The molecule has 4 rings (SSSR count). The first-order chi connectivity index (χ1) is 13.1. The van der Waals surface area contributed by atoms with Crippen molar-refractivity contribution in [3.63, 3.8) is 0 Å². The molecule has 0 radical (unpaired) electrons. The topological polar surface area (TPSA) is 60.4 Å². The number of benzene rings is 2. The summed E-state index contributed by atoms with van der Waals surface area (Å²) in [5.41, 5.74) is 0.941. The Labute approximate surface area is 158 Å². The lowest BCUT2D eigenvalue weighted by Gasteiger charge is -2.44. The van der Waals surface area contributed by atoms with Crippen molar-refractivity contribution in [2.75, 3.05) is 14.2 Å². The Balaban J connectivity index is 1.72. The molecule has 2 aromatic carbocycles. The zero-order valence-electron chi connectivity index (χ0n) is 15.5. The zero-order valence-corrected chi connectivity index (χ0v) is 15.5. The third kappa shape index (κ3) is 3.12. The number of oxime groups is 1. The maximum atomic E-state index is 13.3. The van der Waals surface area contributed by atoms with Crippen molar-refractivity contribution in [3.05, 3.63) is 59.7 Å². The average Bonchev–Trinajstić information content (AvgIpc) is 2.68. The number of rotatable bonds is 5. The number of carbonyl (C=O) groups excluding carboxylic acids is 1. The van der Waals surface area contributed by atoms with E-state index in [0.29, 0.717) is 36.7 Å². The van der Waals surface area contributed by atoms with Crippen molar-refractivity contribution in [2.45, 2.75) is 31.4 Å². The second kappa shape index (κ2) is 6.95. The molecule has 0 atom stereocenters. The van der Waals surface area contributed by atoms with Crippen LogP contribution in [-0.4, -0.2) is 36.5 Å². The summed E-state index contributed by atoms with van der Waals surface area (Å²) in [7, 11) is 3.22. The Hall–Kier alpha value is -3.02. The van der Waals surface area contributed by atoms with E-state index >= 15 is 0 Å². The maximum absolute atomic E-state index is 13.3. The van der Waals surface area contributed by atoms with Gasteiger partial charge in [0.25, 0.3) is 5.91 Å². The molecule has 1 spiro atoms. The summed E-state index contributed by atoms with van der Waals surface area (Å²) in [4.78, 5) is 20.7. The minimum atomic E-state index is -0.804. The summed E-state index contributed by atoms with van der Waals surface area (Å²) in [5, 5.41) is 4.35. The molecule has 2 aromatic rings. The number of amides is 1. The third-order valence-electron chi connectivity index (χ3n) is 5.14. The fraction of sp³-hybridized carbons (Fsp3) is 0.333. The summed E-state index contributed by atoms with van der Waals surface area (Å²) >= 11 is 0. The van der Waals surface area contributed by atoms with Crippen molar-refractivity contribution in [1.82, 2.24) is 4.90 Å². The Morgan fingerprint density at radius 1 is 1.07 bits per heavy atom. The largest absolute Gasteiger partial charge is 0.497 e. The van der Waals surface area contributed by atoms with Crippen molar-refractivity contribution in [1.29, 1.82) is 0 Å². The van der Waals surface area contributed by atoms with Crippen LogP contribution < -0.4 is 9.47 Å². The van der Waals surface area contributed by atoms with Gasteiger partial charge in [-0.25, -0.2) is 0 Å². The number of hydrogen-bond acceptors (Lipinski definition) is 5. The molecule has 0 unspecified atom stereocenters. The minimum absolute atomic E-state index is 0.0376. The second-order valence-electron chi connectivity index (χ2n) is 6.83. The molecule has 1 heterocycles. The molecular formula is C21H22N2O4. The summed E-state index contributed by atoms with van der Waals surface area (Å²) in [6.07, 6.45) is 2.38. The molecule has 1 saturated carbocycles. The number of hydrogen-bond donors (Lipinski definition) is 0. The van der Waals surface area contributed by atoms with Crippen LogP contribution in [-0.2, 0) is 16.2 Å². The van der Waals surface area contributed by atoms with Gasteiger partial charge >= 0.3 is 0 Å². The number of carbonyl (C=O) groups is 1. The fourth-order valence-corrected chi connectivity index (χ4v) is 3.45. The third-order valence-corrected chi connectivity index (χ3v) is 5.14. The van der Waals surface area contributed by atoms with E-state index in [0.717, 1.165) is 17.5 Å². The number of nitrogens with zero attached hydrogens (tertiary/aromatic N) is 2. The van der Waals surface area contributed by atoms with Gasteiger partial charge in [-0.2, -0.15) is 0 Å². The van der Waals surface area contributed by atoms with E-state index in [9.17, 15) is 4.79 Å². The predicted octanol–water partition coefficient (Wildman–Crippen LogP) is 3.35. The highest BCUT2D eigenvalue weighted by Crippen LogP contribution is 2.40. The zero-order chi connectivity index (χ0) is 18.9. The quantitative estimate of drug-likeness (QED) is 0.814. The van der Waals surface area contributed by atoms with Gasteiger partial charge in [-0.15, -0.1) is 0 Å². The first kappa shape index (κ1) is 17.4. The van der Waals surface area contributed by atoms with Gasteiger partial charge in [0.05, 0.1) is 20.8 Å². The van der Waals surface area contributed by atoms with Crippen LogP contribution >= 0.6 is 0 Å². The molecule has 0 aromatic heterocycles. The SMILES string of the molecule is COc1cc(CN2C(=O)C3(CCC3)ON=C2c2ccccc2)cc(OC)c1. The molecule has 2 aliphatic rings. The average molecular weight is 366 g/mol. The molecule has 6 heteroatoms. The highest BCUT2D eigenvalue weighted by molar-refractivity contribution is 6.11. The van der Waals surface area contributed by atoms with Crippen LogP contribution in [0.4, 0.5) is 0 Å². The van der Waals surface area contributed by atoms with Crippen LogP contribution in [0.15, 0.2) is 53.7 Å². The molecule has 0 saturated heterocycles. The molecule has 1 aliphatic heterocycles. The van der Waals surface area contributed by atoms with Crippen LogP contribution in [0.3, 0.4) is 0 Å². The monoisotopic (exact) mass is 366 g/mol. The summed E-state index contributed by atoms with van der Waals surface area (Å²) < 4.78 is 10.7. The smallest absolute Gasteiger partial charge is 0.275 e. The van der Waals surface area contributed by atoms with Gasteiger partial charge in [0.2, 0.25) is 5.60 Å². The van der Waals surface area contributed by atoms with Crippen molar-refractivity contribution in [2.24, 2.45) is 5.16 Å². The van der Waals surface area contributed by atoms with Crippen LogP contribution in [0.25, 0.3) is 0 Å². The lowest BCUT2D eigenvalue weighted by molar-refractivity contribution is -0.173. The Bertz CT molecular complexity index is 853. The lowest BCUT2D eigenvalue weighted by Crippen LogP contribution is -2.58. The normalized spacial score (nSPS) is 17.8. The first-order valence-electron chi connectivity index (χ1n) is 9.01.